The summed E-state index contributed by atoms with van der Waals surface area (Å²) in [5.41, 5.74) is -4.27. The second-order valence-corrected chi connectivity index (χ2v) is 14.7. The van der Waals surface area contributed by atoms with Gasteiger partial charge in [0.15, 0.2) is 12.1 Å². The number of rotatable bonds is 3. The van der Waals surface area contributed by atoms with E-state index in [2.05, 4.69) is 13.8 Å². The second kappa shape index (κ2) is 8.48. The predicted molar refractivity (Wildman–Crippen MR) is 138 cm³/mol. The highest BCUT2D eigenvalue weighted by Gasteiger charge is 2.74. The molecule has 39 heavy (non-hydrogen) atoms. The van der Waals surface area contributed by atoms with Crippen molar-refractivity contribution in [3.8, 4) is 0 Å². The molecule has 9 heteroatoms. The number of Topliss-reactive ketones (excluding diaryl/α,β-unsaturated/α-hetero) is 1. The Hall–Kier alpha value is -1.10. The van der Waals surface area contributed by atoms with Crippen molar-refractivity contribution in [3.05, 3.63) is 0 Å². The third-order valence-electron chi connectivity index (χ3n) is 13.1. The molecule has 0 bridgehead atoms. The molecule has 0 aromatic heterocycles. The number of aliphatic hydroxyl groups is 4. The summed E-state index contributed by atoms with van der Waals surface area (Å²) in [4.78, 5) is 25.9. The number of carbonyl (C=O) groups is 2. The van der Waals surface area contributed by atoms with Gasteiger partial charge in [-0.3, -0.25) is 9.59 Å². The monoisotopic (exact) mass is 550 g/mol. The molecule has 4 saturated carbocycles. The van der Waals surface area contributed by atoms with Crippen LogP contribution in [-0.4, -0.2) is 79.7 Å². The number of ether oxygens (including phenoxy) is 3. The van der Waals surface area contributed by atoms with Crippen molar-refractivity contribution in [3.63, 3.8) is 0 Å². The minimum Gasteiger partial charge on any atom is -0.462 e. The first-order valence-electron chi connectivity index (χ1n) is 14.9. The summed E-state index contributed by atoms with van der Waals surface area (Å²) in [6, 6.07) is 0. The van der Waals surface area contributed by atoms with Gasteiger partial charge in [0.05, 0.1) is 17.6 Å². The molecule has 4 aliphatic carbocycles. The number of carbonyl (C=O) groups excluding carboxylic acids is 2. The van der Waals surface area contributed by atoms with Gasteiger partial charge in [-0.25, -0.2) is 0 Å². The van der Waals surface area contributed by atoms with Gasteiger partial charge in [0, 0.05) is 19.3 Å². The van der Waals surface area contributed by atoms with E-state index in [0.717, 1.165) is 6.42 Å². The zero-order valence-corrected chi connectivity index (χ0v) is 24.1. The molecule has 15 atom stereocenters. The molecule has 2 aliphatic heterocycles. The second-order valence-electron chi connectivity index (χ2n) is 14.7. The van der Waals surface area contributed by atoms with Crippen LogP contribution >= 0.6 is 0 Å². The molecule has 2 heterocycles. The van der Waals surface area contributed by atoms with Crippen molar-refractivity contribution in [2.24, 2.45) is 40.4 Å². The normalized spacial score (nSPS) is 58.9. The summed E-state index contributed by atoms with van der Waals surface area (Å²) in [6.45, 7) is 11.4. The minimum atomic E-state index is -1.58. The summed E-state index contributed by atoms with van der Waals surface area (Å²) >= 11 is 0. The molecule has 6 fully saturated rings. The van der Waals surface area contributed by atoms with Crippen molar-refractivity contribution >= 4 is 11.8 Å². The van der Waals surface area contributed by atoms with Crippen LogP contribution in [0.4, 0.5) is 0 Å². The van der Waals surface area contributed by atoms with Gasteiger partial charge in [-0.05, 0) is 88.4 Å². The van der Waals surface area contributed by atoms with Gasteiger partial charge in [-0.15, -0.1) is 0 Å². The molecule has 220 valence electrons. The van der Waals surface area contributed by atoms with E-state index >= 15 is 0 Å². The van der Waals surface area contributed by atoms with Gasteiger partial charge in [0.25, 0.3) is 0 Å². The number of hydrogen-bond acceptors (Lipinski definition) is 9. The van der Waals surface area contributed by atoms with Crippen molar-refractivity contribution in [2.45, 2.75) is 134 Å². The highest BCUT2D eigenvalue weighted by molar-refractivity contribution is 5.91. The molecule has 0 aromatic rings. The maximum absolute atomic E-state index is 13.6. The first-order valence-corrected chi connectivity index (χ1v) is 14.9. The molecule has 0 amide bonds. The summed E-state index contributed by atoms with van der Waals surface area (Å²) < 4.78 is 18.1. The molecule has 6 aliphatic rings. The fourth-order valence-corrected chi connectivity index (χ4v) is 10.6. The number of aliphatic hydroxyl groups excluding tert-OH is 3. The van der Waals surface area contributed by atoms with E-state index in [-0.39, 0.29) is 65.7 Å². The van der Waals surface area contributed by atoms with Gasteiger partial charge in [-0.2, -0.15) is 0 Å². The van der Waals surface area contributed by atoms with E-state index in [1.807, 2.05) is 13.8 Å². The van der Waals surface area contributed by atoms with Crippen molar-refractivity contribution in [1.82, 2.24) is 0 Å². The topological polar surface area (TPSA) is 146 Å². The van der Waals surface area contributed by atoms with E-state index < -0.39 is 46.8 Å². The van der Waals surface area contributed by atoms with Gasteiger partial charge < -0.3 is 34.6 Å². The van der Waals surface area contributed by atoms with Crippen LogP contribution in [0.25, 0.3) is 0 Å². The Labute approximate surface area is 230 Å². The number of epoxide rings is 1. The van der Waals surface area contributed by atoms with Gasteiger partial charge in [-0.1, -0.05) is 13.8 Å². The van der Waals surface area contributed by atoms with Crippen LogP contribution in [0.3, 0.4) is 0 Å². The van der Waals surface area contributed by atoms with Crippen LogP contribution < -0.4 is 0 Å². The van der Waals surface area contributed by atoms with E-state index in [9.17, 15) is 30.0 Å². The maximum atomic E-state index is 13.6. The summed E-state index contributed by atoms with van der Waals surface area (Å²) in [7, 11) is 0. The third-order valence-corrected chi connectivity index (χ3v) is 13.1. The lowest BCUT2D eigenvalue weighted by atomic mass is 9.41. The zero-order valence-electron chi connectivity index (χ0n) is 24.1. The molecule has 4 N–H and O–H groups in total. The van der Waals surface area contributed by atoms with Crippen LogP contribution in [-0.2, 0) is 23.8 Å². The minimum absolute atomic E-state index is 0.0361. The summed E-state index contributed by atoms with van der Waals surface area (Å²) in [6.07, 6.45) is -0.532. The van der Waals surface area contributed by atoms with Crippen LogP contribution in [0, 0.1) is 40.4 Å². The first-order chi connectivity index (χ1) is 18.0. The maximum Gasteiger partial charge on any atom is 0.302 e. The van der Waals surface area contributed by atoms with Crippen LogP contribution in [0.1, 0.15) is 86.5 Å². The van der Waals surface area contributed by atoms with Crippen LogP contribution in [0.5, 0.6) is 0 Å². The number of hydrogen-bond donors (Lipinski definition) is 4. The Morgan fingerprint density at radius 3 is 2.41 bits per heavy atom. The van der Waals surface area contributed by atoms with Crippen molar-refractivity contribution in [1.29, 1.82) is 0 Å². The molecule has 0 radical (unpaired) electrons. The smallest absolute Gasteiger partial charge is 0.302 e. The molecule has 2 saturated heterocycles. The van der Waals surface area contributed by atoms with Crippen LogP contribution in [0.15, 0.2) is 0 Å². The fourth-order valence-electron chi connectivity index (χ4n) is 10.6. The van der Waals surface area contributed by atoms with Crippen molar-refractivity contribution < 1.29 is 44.2 Å². The van der Waals surface area contributed by atoms with Gasteiger partial charge in [0.2, 0.25) is 0 Å². The zero-order chi connectivity index (χ0) is 28.5. The molecular weight excluding hydrogens is 504 g/mol. The predicted octanol–water partition coefficient (Wildman–Crippen LogP) is 2.10. The summed E-state index contributed by atoms with van der Waals surface area (Å²) in [5, 5.41) is 44.5. The van der Waals surface area contributed by atoms with Gasteiger partial charge in [0.1, 0.15) is 29.0 Å². The molecule has 6 rings (SSSR count). The Morgan fingerprint density at radius 1 is 1.08 bits per heavy atom. The Bertz CT molecular complexity index is 1070. The largest absolute Gasteiger partial charge is 0.462 e. The fraction of sp³-hybridized carbons (Fsp3) is 0.933. The number of ketones is 1. The molecule has 0 spiro atoms. The Kier molecular flexibility index (Phi) is 6.09. The van der Waals surface area contributed by atoms with E-state index in [1.54, 1.807) is 6.92 Å². The SMILES string of the molecule is CC(=O)O[C@H]1C[C@H]([C@H](C)[C@H]2C[C@]3(C)O[C@]3(C)[C@H](O)O2)[C@@]2(C)CC[C@H]3[C@@H](C[C@H](O)[C@@]4(O)CC[C@@H](O)C(=O)[C@]34C)[C@H]12. The standard InChI is InChI=1S/C30H46O9/c1-14(21-13-27(4)29(6,39-27)25(35)38-21)18-12-20(37-15(2)31)23-16-11-22(33)30(36)10-8-19(32)24(34)28(30,5)17(16)7-9-26(18,23)3/h14,16-23,25,32-33,35-36H,7-13H2,1-6H3/t14-,16+,17-,18+,19+,20-,21+,22-,23+,25+,26+,27-,28-,29+,30-/m0/s1. The van der Waals surface area contributed by atoms with Crippen molar-refractivity contribution in [2.75, 3.05) is 0 Å². The summed E-state index contributed by atoms with van der Waals surface area (Å²) in [5.74, 6) is -1.13. The van der Waals surface area contributed by atoms with E-state index in [0.29, 0.717) is 25.7 Å². The highest BCUT2D eigenvalue weighted by Crippen LogP contribution is 2.69. The van der Waals surface area contributed by atoms with E-state index in [4.69, 9.17) is 14.2 Å². The number of fused-ring (bicyclic) bond motifs is 6. The average molecular weight is 551 g/mol. The highest BCUT2D eigenvalue weighted by atomic mass is 16.7. The lowest BCUT2D eigenvalue weighted by Gasteiger charge is -2.64. The number of esters is 1. The first kappa shape index (κ1) is 28.0. The lowest BCUT2D eigenvalue weighted by Crippen LogP contribution is -2.72. The lowest BCUT2D eigenvalue weighted by molar-refractivity contribution is -0.254. The molecular formula is C30H46O9. The third kappa shape index (κ3) is 3.46. The molecule has 0 aromatic carbocycles. The average Bonchev–Trinajstić information content (AvgIpc) is 3.32. The molecule has 0 unspecified atom stereocenters. The quantitative estimate of drug-likeness (QED) is 0.306. The van der Waals surface area contributed by atoms with E-state index in [1.165, 1.54) is 6.92 Å². The van der Waals surface area contributed by atoms with Crippen LogP contribution in [0.2, 0.25) is 0 Å². The molecule has 9 nitrogen and oxygen atoms in total. The Morgan fingerprint density at radius 2 is 1.77 bits per heavy atom. The van der Waals surface area contributed by atoms with Gasteiger partial charge >= 0.3 is 5.97 Å². The Balaban J connectivity index is 1.35.